The first kappa shape index (κ1) is 40.4. The maximum Gasteiger partial charge on any atom is 0.407 e. The predicted molar refractivity (Wildman–Crippen MR) is 188 cm³/mol. The average Bonchev–Trinajstić information content (AvgIpc) is 3.03. The number of amides is 1. The molecule has 1 aliphatic rings. The van der Waals surface area contributed by atoms with Gasteiger partial charge < -0.3 is 31.8 Å². The van der Waals surface area contributed by atoms with Crippen molar-refractivity contribution in [2.45, 2.75) is 152 Å². The number of carbonyl (C=O) groups is 2. The second kappa shape index (κ2) is 26.2. The van der Waals surface area contributed by atoms with Crippen LogP contribution in [-0.4, -0.2) is 42.3 Å². The maximum absolute atomic E-state index is 12.2. The van der Waals surface area contributed by atoms with Crippen LogP contribution in [0.3, 0.4) is 0 Å². The first-order valence-electron chi connectivity index (χ1n) is 18.2. The van der Waals surface area contributed by atoms with E-state index < -0.39 is 0 Å². The number of aromatic nitrogens is 1. The first-order chi connectivity index (χ1) is 22.2. The number of halogens is 1. The molecule has 3 rings (SSSR count). The Morgan fingerprint density at radius 1 is 0.739 bits per heavy atom. The highest BCUT2D eigenvalue weighted by Crippen LogP contribution is 2.36. The van der Waals surface area contributed by atoms with Gasteiger partial charge in [0.2, 0.25) is 5.52 Å². The van der Waals surface area contributed by atoms with Gasteiger partial charge >= 0.3 is 12.1 Å². The number of carbonyl (C=O) groups excluding carboxylic acids is 2. The van der Waals surface area contributed by atoms with Crippen LogP contribution in [0.2, 0.25) is 0 Å². The summed E-state index contributed by atoms with van der Waals surface area (Å²) in [6.45, 7) is 4.73. The first-order valence-corrected chi connectivity index (χ1v) is 19.2. The molecular weight excluding hydrogens is 660 g/mol. The Morgan fingerprint density at radius 3 is 1.91 bits per heavy atom. The van der Waals surface area contributed by atoms with E-state index in [1.54, 1.807) is 11.8 Å². The highest BCUT2D eigenvalue weighted by atomic mass is 79.9. The molecule has 260 valence electrons. The van der Waals surface area contributed by atoms with E-state index in [9.17, 15) is 9.59 Å². The van der Waals surface area contributed by atoms with Crippen molar-refractivity contribution in [1.82, 2.24) is 5.32 Å². The molecule has 1 aromatic carbocycles. The third-order valence-electron chi connectivity index (χ3n) is 8.86. The molecule has 8 heteroatoms. The number of benzene rings is 1. The third kappa shape index (κ3) is 17.9. The summed E-state index contributed by atoms with van der Waals surface area (Å²) in [5, 5.41) is 4.72. The molecule has 0 aliphatic carbocycles. The van der Waals surface area contributed by atoms with Gasteiger partial charge in [0.1, 0.15) is 19.8 Å². The lowest BCUT2D eigenvalue weighted by Gasteiger charge is -2.33. The van der Waals surface area contributed by atoms with Crippen molar-refractivity contribution in [1.29, 1.82) is 0 Å². The highest BCUT2D eigenvalue weighted by Gasteiger charge is 2.31. The molecule has 1 aliphatic heterocycles. The van der Waals surface area contributed by atoms with E-state index in [0.29, 0.717) is 36.7 Å². The zero-order valence-corrected chi connectivity index (χ0v) is 30.9. The van der Waals surface area contributed by atoms with Gasteiger partial charge in [-0.2, -0.15) is 4.57 Å². The highest BCUT2D eigenvalue weighted by molar-refractivity contribution is 8.01. The van der Waals surface area contributed by atoms with Crippen LogP contribution in [0.5, 0.6) is 0 Å². The van der Waals surface area contributed by atoms with E-state index in [-0.39, 0.29) is 29.0 Å². The number of thioether (sulfide) groups is 1. The number of rotatable bonds is 26. The van der Waals surface area contributed by atoms with Crippen molar-refractivity contribution < 1.29 is 40.6 Å². The van der Waals surface area contributed by atoms with Gasteiger partial charge in [0, 0.05) is 47.4 Å². The molecule has 0 bridgehead atoms. The number of nitrogens with zero attached hydrogens (tertiary/aromatic N) is 1. The number of alkyl carbamates (subject to hydrolysis) is 1. The standard InChI is InChI=1S/C38H60N2O4S.BrH/c1-2-3-4-5-6-7-8-9-10-11-12-13-14-15-16-20-27-39-38(42)44-32-35-30-34(45-35)31-43-37(41)26-19-21-28-40-29-22-24-33-23-17-18-25-36(33)40;/h17-18,22-25,29,34-35H,2-16,19-21,26-28,30-32H2,1H3;1H. The SMILES string of the molecule is CCCCCCCCCCCCCCCCCCNC(=O)OCC1CC(COC(=O)CCCC[n+]2cccc3ccccc32)S1.[Br-]. The summed E-state index contributed by atoms with van der Waals surface area (Å²) in [5.74, 6) is -0.119. The molecular formula is C38H61BrN2O4S. The zero-order valence-electron chi connectivity index (χ0n) is 28.5. The number of para-hydroxylation sites is 1. The summed E-state index contributed by atoms with van der Waals surface area (Å²) in [5.41, 5.74) is 1.22. The number of hydrogen-bond acceptors (Lipinski definition) is 5. The van der Waals surface area contributed by atoms with Crippen molar-refractivity contribution in [3.05, 3.63) is 42.6 Å². The van der Waals surface area contributed by atoms with Gasteiger partial charge in [-0.05, 0) is 31.4 Å². The van der Waals surface area contributed by atoms with Gasteiger partial charge in [-0.25, -0.2) is 4.79 Å². The minimum absolute atomic E-state index is 0. The Morgan fingerprint density at radius 2 is 1.28 bits per heavy atom. The minimum Gasteiger partial charge on any atom is -1.00 e. The van der Waals surface area contributed by atoms with Gasteiger partial charge in [0.15, 0.2) is 6.20 Å². The minimum atomic E-state index is -0.312. The van der Waals surface area contributed by atoms with Crippen LogP contribution >= 0.6 is 11.8 Å². The topological polar surface area (TPSA) is 68.5 Å². The molecule has 1 fully saturated rings. The molecule has 2 aromatic rings. The van der Waals surface area contributed by atoms with Crippen LogP contribution in [0.15, 0.2) is 42.6 Å². The molecule has 2 atom stereocenters. The van der Waals surface area contributed by atoms with E-state index in [4.69, 9.17) is 9.47 Å². The number of unbranched alkanes of at least 4 members (excludes halogenated alkanes) is 16. The van der Waals surface area contributed by atoms with Crippen LogP contribution < -0.4 is 26.9 Å². The number of fused-ring (bicyclic) bond motifs is 1. The smallest absolute Gasteiger partial charge is 0.407 e. The molecule has 2 unspecified atom stereocenters. The fourth-order valence-corrected chi connectivity index (χ4v) is 7.24. The van der Waals surface area contributed by atoms with E-state index >= 15 is 0 Å². The van der Waals surface area contributed by atoms with Gasteiger partial charge in [-0.15, -0.1) is 11.8 Å². The predicted octanol–water partition coefficient (Wildman–Crippen LogP) is 6.71. The number of pyridine rings is 1. The summed E-state index contributed by atoms with van der Waals surface area (Å²) < 4.78 is 13.1. The maximum atomic E-state index is 12.2. The van der Waals surface area contributed by atoms with E-state index in [1.807, 2.05) is 0 Å². The zero-order chi connectivity index (χ0) is 31.8. The van der Waals surface area contributed by atoms with Crippen molar-refractivity contribution in [2.24, 2.45) is 0 Å². The summed E-state index contributed by atoms with van der Waals surface area (Å²) in [6.07, 6.45) is 26.5. The average molecular weight is 722 g/mol. The fourth-order valence-electron chi connectivity index (χ4n) is 6.08. The van der Waals surface area contributed by atoms with E-state index in [1.165, 1.54) is 107 Å². The molecule has 0 saturated carbocycles. The molecule has 1 amide bonds. The van der Waals surface area contributed by atoms with Gasteiger partial charge in [-0.1, -0.05) is 115 Å². The lowest BCUT2D eigenvalue weighted by atomic mass is 10.0. The Balaban J connectivity index is 0.00000736. The third-order valence-corrected chi connectivity index (χ3v) is 10.3. The lowest BCUT2D eigenvalue weighted by molar-refractivity contribution is -0.671. The molecule has 46 heavy (non-hydrogen) atoms. The summed E-state index contributed by atoms with van der Waals surface area (Å²) in [6, 6.07) is 12.6. The Labute approximate surface area is 294 Å². The number of hydrogen-bond donors (Lipinski definition) is 1. The molecule has 1 saturated heterocycles. The molecule has 1 N–H and O–H groups in total. The number of aryl methyl sites for hydroxylation is 1. The molecule has 0 radical (unpaired) electrons. The van der Waals surface area contributed by atoms with Crippen molar-refractivity contribution in [3.63, 3.8) is 0 Å². The Bertz CT molecular complexity index is 1080. The normalized spacial score (nSPS) is 15.6. The van der Waals surface area contributed by atoms with Gasteiger partial charge in [-0.3, -0.25) is 4.79 Å². The van der Waals surface area contributed by atoms with E-state index in [2.05, 4.69) is 59.4 Å². The Hall–Kier alpha value is -1.80. The van der Waals surface area contributed by atoms with Crippen LogP contribution in [0, 0.1) is 0 Å². The summed E-state index contributed by atoms with van der Waals surface area (Å²) in [7, 11) is 0. The number of nitrogens with one attached hydrogen (secondary N) is 1. The lowest BCUT2D eigenvalue weighted by Crippen LogP contribution is -3.00. The molecule has 1 aromatic heterocycles. The van der Waals surface area contributed by atoms with Crippen LogP contribution in [0.4, 0.5) is 4.79 Å². The second-order valence-corrected chi connectivity index (χ2v) is 14.5. The monoisotopic (exact) mass is 720 g/mol. The van der Waals surface area contributed by atoms with Crippen molar-refractivity contribution in [3.8, 4) is 0 Å². The largest absolute Gasteiger partial charge is 1.00 e. The van der Waals surface area contributed by atoms with Crippen molar-refractivity contribution in [2.75, 3.05) is 19.8 Å². The number of esters is 1. The van der Waals surface area contributed by atoms with Gasteiger partial charge in [0.25, 0.3) is 0 Å². The van der Waals surface area contributed by atoms with Gasteiger partial charge in [0.05, 0.1) is 0 Å². The summed E-state index contributed by atoms with van der Waals surface area (Å²) in [4.78, 5) is 24.2. The fraction of sp³-hybridized carbons (Fsp3) is 0.711. The number of ether oxygens (including phenoxy) is 2. The van der Waals surface area contributed by atoms with Crippen LogP contribution in [-0.2, 0) is 20.8 Å². The summed E-state index contributed by atoms with van der Waals surface area (Å²) >= 11 is 1.75. The van der Waals surface area contributed by atoms with Crippen molar-refractivity contribution >= 4 is 34.7 Å². The Kier molecular flexibility index (Phi) is 23.0. The van der Waals surface area contributed by atoms with Crippen LogP contribution in [0.25, 0.3) is 10.9 Å². The molecule has 6 nitrogen and oxygen atoms in total. The molecule has 2 heterocycles. The van der Waals surface area contributed by atoms with E-state index in [0.717, 1.165) is 32.2 Å². The second-order valence-electron chi connectivity index (χ2n) is 12.8. The quantitative estimate of drug-likeness (QED) is 0.0666. The van der Waals surface area contributed by atoms with Crippen LogP contribution in [0.1, 0.15) is 135 Å². The molecule has 0 spiro atoms.